The second-order valence-electron chi connectivity index (χ2n) is 7.14. The molecule has 1 saturated heterocycles. The molecule has 3 rings (SSSR count). The minimum absolute atomic E-state index is 0.525. The minimum atomic E-state index is 0.525. The zero-order chi connectivity index (χ0) is 16.1. The Hall–Kier alpha value is -1.59. The summed E-state index contributed by atoms with van der Waals surface area (Å²) in [5.41, 5.74) is 0.525. The van der Waals surface area contributed by atoms with E-state index in [4.69, 9.17) is 0 Å². The van der Waals surface area contributed by atoms with Crippen LogP contribution in [0.15, 0.2) is 11.3 Å². The van der Waals surface area contributed by atoms with Crippen molar-refractivity contribution in [3.8, 4) is 0 Å². The highest BCUT2D eigenvalue weighted by Gasteiger charge is 2.36. The average molecular weight is 318 g/mol. The number of guanidine groups is 1. The van der Waals surface area contributed by atoms with Gasteiger partial charge >= 0.3 is 0 Å². The number of hydrogen-bond acceptors (Lipinski definition) is 3. The number of likely N-dealkylation sites (tertiary alicyclic amines) is 1. The molecule has 6 nitrogen and oxygen atoms in total. The van der Waals surface area contributed by atoms with Gasteiger partial charge in [0.05, 0.1) is 6.54 Å². The van der Waals surface area contributed by atoms with Crippen LogP contribution in [0.1, 0.15) is 57.2 Å². The Morgan fingerprint density at radius 1 is 1.22 bits per heavy atom. The Morgan fingerprint density at radius 2 is 1.96 bits per heavy atom. The lowest BCUT2D eigenvalue weighted by atomic mass is 9.74. The van der Waals surface area contributed by atoms with Gasteiger partial charge in [0.1, 0.15) is 12.2 Å². The molecule has 1 saturated carbocycles. The minimum Gasteiger partial charge on any atom is -0.349 e. The Kier molecular flexibility index (Phi) is 5.18. The van der Waals surface area contributed by atoms with Crippen LogP contribution in [0.25, 0.3) is 0 Å². The van der Waals surface area contributed by atoms with Crippen molar-refractivity contribution in [1.29, 1.82) is 0 Å². The van der Waals surface area contributed by atoms with Gasteiger partial charge in [-0.1, -0.05) is 25.7 Å². The summed E-state index contributed by atoms with van der Waals surface area (Å²) in [5.74, 6) is 1.95. The number of piperidine rings is 1. The van der Waals surface area contributed by atoms with Crippen LogP contribution in [-0.2, 0) is 13.6 Å². The van der Waals surface area contributed by atoms with Gasteiger partial charge in [-0.2, -0.15) is 5.10 Å². The number of nitrogens with zero attached hydrogens (tertiary/aromatic N) is 5. The summed E-state index contributed by atoms with van der Waals surface area (Å²) < 4.78 is 1.81. The van der Waals surface area contributed by atoms with E-state index in [0.717, 1.165) is 24.9 Å². The molecule has 2 aliphatic rings. The quantitative estimate of drug-likeness (QED) is 0.671. The molecule has 1 N–H and O–H groups in total. The van der Waals surface area contributed by atoms with Gasteiger partial charge < -0.3 is 10.2 Å². The van der Waals surface area contributed by atoms with E-state index in [1.165, 1.54) is 51.4 Å². The maximum atomic E-state index is 4.52. The third-order valence-electron chi connectivity index (χ3n) is 5.55. The van der Waals surface area contributed by atoms with Crippen LogP contribution in [0.4, 0.5) is 0 Å². The van der Waals surface area contributed by atoms with Crippen LogP contribution in [0.5, 0.6) is 0 Å². The van der Waals surface area contributed by atoms with Crippen molar-refractivity contribution in [3.05, 3.63) is 12.2 Å². The molecule has 0 atom stereocenters. The standard InChI is InChI=1S/C17H30N6/c1-18-16(19-12-15-20-14-21-22(15)2)23-11-7-10-17(13-23)8-5-3-4-6-9-17/h14H,3-13H2,1-2H3,(H,18,19). The zero-order valence-electron chi connectivity index (χ0n) is 14.6. The third-order valence-corrected chi connectivity index (χ3v) is 5.55. The Bertz CT molecular complexity index is 527. The van der Waals surface area contributed by atoms with Crippen molar-refractivity contribution in [2.75, 3.05) is 20.1 Å². The molecule has 128 valence electrons. The summed E-state index contributed by atoms with van der Waals surface area (Å²) in [4.78, 5) is 11.3. The molecule has 0 amide bonds. The highest BCUT2D eigenvalue weighted by molar-refractivity contribution is 5.80. The number of aromatic nitrogens is 3. The molecule has 0 bridgehead atoms. The first-order valence-electron chi connectivity index (χ1n) is 9.01. The van der Waals surface area contributed by atoms with Gasteiger partial charge in [0.25, 0.3) is 0 Å². The molecule has 1 spiro atoms. The molecule has 0 aromatic carbocycles. The molecule has 0 unspecified atom stereocenters. The predicted molar refractivity (Wildman–Crippen MR) is 92.1 cm³/mol. The van der Waals surface area contributed by atoms with Crippen molar-refractivity contribution in [2.24, 2.45) is 17.5 Å². The molecular formula is C17H30N6. The molecule has 2 fully saturated rings. The largest absolute Gasteiger partial charge is 0.349 e. The normalized spacial score (nSPS) is 22.2. The Labute approximate surface area is 139 Å². The summed E-state index contributed by atoms with van der Waals surface area (Å²) in [6.45, 7) is 2.94. The second kappa shape index (κ2) is 7.32. The smallest absolute Gasteiger partial charge is 0.194 e. The van der Waals surface area contributed by atoms with E-state index in [1.807, 2.05) is 18.8 Å². The first-order chi connectivity index (χ1) is 11.2. The monoisotopic (exact) mass is 318 g/mol. The van der Waals surface area contributed by atoms with E-state index < -0.39 is 0 Å². The fourth-order valence-corrected chi connectivity index (χ4v) is 4.25. The molecule has 1 aromatic rings. The van der Waals surface area contributed by atoms with Crippen molar-refractivity contribution < 1.29 is 0 Å². The van der Waals surface area contributed by atoms with E-state index in [1.54, 1.807) is 6.33 Å². The third kappa shape index (κ3) is 3.85. The van der Waals surface area contributed by atoms with Crippen LogP contribution < -0.4 is 5.32 Å². The van der Waals surface area contributed by atoms with Crippen LogP contribution in [0.3, 0.4) is 0 Å². The fraction of sp³-hybridized carbons (Fsp3) is 0.824. The zero-order valence-corrected chi connectivity index (χ0v) is 14.6. The predicted octanol–water partition coefficient (Wildman–Crippen LogP) is 2.33. The van der Waals surface area contributed by atoms with Gasteiger partial charge in [-0.25, -0.2) is 4.98 Å². The first-order valence-corrected chi connectivity index (χ1v) is 9.01. The number of rotatable bonds is 2. The average Bonchev–Trinajstić information content (AvgIpc) is 2.84. The number of hydrogen-bond donors (Lipinski definition) is 1. The first kappa shape index (κ1) is 16.3. The van der Waals surface area contributed by atoms with Gasteiger partial charge in [-0.3, -0.25) is 9.67 Å². The van der Waals surface area contributed by atoms with Crippen LogP contribution >= 0.6 is 0 Å². The summed E-state index contributed by atoms with van der Waals surface area (Å²) in [5, 5.41) is 7.60. The van der Waals surface area contributed by atoms with Crippen molar-refractivity contribution in [2.45, 2.75) is 57.9 Å². The molecule has 23 heavy (non-hydrogen) atoms. The van der Waals surface area contributed by atoms with Crippen molar-refractivity contribution in [3.63, 3.8) is 0 Å². The lowest BCUT2D eigenvalue weighted by molar-refractivity contribution is 0.115. The summed E-state index contributed by atoms with van der Waals surface area (Å²) in [6, 6.07) is 0. The highest BCUT2D eigenvalue weighted by Crippen LogP contribution is 2.42. The highest BCUT2D eigenvalue weighted by atomic mass is 15.3. The van der Waals surface area contributed by atoms with Gasteiger partial charge in [-0.05, 0) is 31.1 Å². The van der Waals surface area contributed by atoms with E-state index in [-0.39, 0.29) is 0 Å². The van der Waals surface area contributed by atoms with E-state index in [9.17, 15) is 0 Å². The van der Waals surface area contributed by atoms with E-state index >= 15 is 0 Å². The number of aryl methyl sites for hydroxylation is 1. The number of nitrogens with one attached hydrogen (secondary N) is 1. The lowest BCUT2D eigenvalue weighted by Crippen LogP contribution is -2.50. The summed E-state index contributed by atoms with van der Waals surface area (Å²) in [6.07, 6.45) is 12.7. The van der Waals surface area contributed by atoms with Crippen molar-refractivity contribution >= 4 is 5.96 Å². The van der Waals surface area contributed by atoms with Gasteiger partial charge in [-0.15, -0.1) is 0 Å². The van der Waals surface area contributed by atoms with E-state index in [2.05, 4.69) is 25.3 Å². The van der Waals surface area contributed by atoms with Gasteiger partial charge in [0.2, 0.25) is 0 Å². The summed E-state index contributed by atoms with van der Waals surface area (Å²) in [7, 11) is 3.81. The maximum absolute atomic E-state index is 4.52. The molecule has 1 aliphatic carbocycles. The van der Waals surface area contributed by atoms with E-state index in [0.29, 0.717) is 12.0 Å². The SMILES string of the molecule is CN=C(NCc1ncnn1C)N1CCCC2(CCCCCC2)C1. The van der Waals surface area contributed by atoms with Gasteiger partial charge in [0.15, 0.2) is 5.96 Å². The lowest BCUT2D eigenvalue weighted by Gasteiger charge is -2.44. The Balaban J connectivity index is 1.62. The van der Waals surface area contributed by atoms with Crippen LogP contribution in [0.2, 0.25) is 0 Å². The Morgan fingerprint density at radius 3 is 2.61 bits per heavy atom. The maximum Gasteiger partial charge on any atom is 0.194 e. The fourth-order valence-electron chi connectivity index (χ4n) is 4.25. The van der Waals surface area contributed by atoms with Gasteiger partial charge in [0, 0.05) is 27.2 Å². The summed E-state index contributed by atoms with van der Waals surface area (Å²) >= 11 is 0. The molecular weight excluding hydrogens is 288 g/mol. The van der Waals surface area contributed by atoms with Crippen molar-refractivity contribution in [1.82, 2.24) is 25.0 Å². The molecule has 1 aromatic heterocycles. The molecule has 1 aliphatic heterocycles. The van der Waals surface area contributed by atoms with Crippen LogP contribution in [0, 0.1) is 5.41 Å². The molecule has 2 heterocycles. The molecule has 0 radical (unpaired) electrons. The number of aliphatic imine (C=N–C) groups is 1. The molecule has 6 heteroatoms. The topological polar surface area (TPSA) is 58.3 Å². The second-order valence-corrected chi connectivity index (χ2v) is 7.14. The van der Waals surface area contributed by atoms with Crippen LogP contribution in [-0.4, -0.2) is 45.8 Å².